The third kappa shape index (κ3) is 13.6. The Balaban J connectivity index is 0. The molecule has 0 saturated heterocycles. The molecule has 0 aliphatic heterocycles. The van der Waals surface area contributed by atoms with Crippen LogP contribution in [0.25, 0.3) is 0 Å². The summed E-state index contributed by atoms with van der Waals surface area (Å²) in [7, 11) is 0. The van der Waals surface area contributed by atoms with Crippen LogP contribution in [0.3, 0.4) is 0 Å². The lowest BCUT2D eigenvalue weighted by Gasteiger charge is -2.05. The molecule has 0 amide bonds. The summed E-state index contributed by atoms with van der Waals surface area (Å²) in [5.74, 6) is -0.860. The predicted octanol–water partition coefficient (Wildman–Crippen LogP) is 0.0741. The second-order valence-electron chi connectivity index (χ2n) is 3.65. The Morgan fingerprint density at radius 3 is 1.83 bits per heavy atom. The molecule has 0 aromatic heterocycles. The van der Waals surface area contributed by atoms with Gasteiger partial charge in [0.15, 0.2) is 0 Å². The van der Waals surface area contributed by atoms with E-state index in [2.05, 4.69) is 25.3 Å². The van der Waals surface area contributed by atoms with Gasteiger partial charge in [0.25, 0.3) is 0 Å². The van der Waals surface area contributed by atoms with Crippen molar-refractivity contribution in [2.24, 2.45) is 17.4 Å². The Labute approximate surface area is 118 Å². The second kappa shape index (κ2) is 13.0. The summed E-state index contributed by atoms with van der Waals surface area (Å²) in [5, 5.41) is 16.6. The van der Waals surface area contributed by atoms with Crippen LogP contribution in [0.2, 0.25) is 0 Å². The summed E-state index contributed by atoms with van der Waals surface area (Å²) in [4.78, 5) is 20.2. The molecule has 0 aromatic carbocycles. The second-order valence-corrected chi connectivity index (χ2v) is 4.55. The van der Waals surface area contributed by atoms with Crippen molar-refractivity contribution in [1.82, 2.24) is 0 Å². The molecule has 0 aliphatic carbocycles. The Morgan fingerprint density at radius 1 is 1.11 bits per heavy atom. The van der Waals surface area contributed by atoms with Gasteiger partial charge in [0.1, 0.15) is 0 Å². The van der Waals surface area contributed by atoms with Gasteiger partial charge in [-0.25, -0.2) is 0 Å². The molecule has 0 heterocycles. The quantitative estimate of drug-likeness (QED) is 0.352. The van der Waals surface area contributed by atoms with Crippen LogP contribution in [0.1, 0.15) is 19.3 Å². The SMILES string of the molecule is NC(CCS)CC(=O)O.NCC(CCS)C(=O)O. The van der Waals surface area contributed by atoms with Crippen molar-refractivity contribution < 1.29 is 19.8 Å². The van der Waals surface area contributed by atoms with Gasteiger partial charge < -0.3 is 21.7 Å². The maximum absolute atomic E-state index is 10.2. The molecule has 0 rings (SSSR count). The van der Waals surface area contributed by atoms with Gasteiger partial charge in [-0.3, -0.25) is 9.59 Å². The van der Waals surface area contributed by atoms with Gasteiger partial charge in [0, 0.05) is 12.6 Å². The summed E-state index contributed by atoms with van der Waals surface area (Å²) < 4.78 is 0. The standard InChI is InChI=1S/2C5H11NO2S/c6-3-4(1-2-9)5(7)8;6-4(1-2-9)3-5(7)8/h2*4,9H,1-3,6H2,(H,7,8). The molecule has 0 radical (unpaired) electrons. The number of carboxylic acids is 2. The Bertz CT molecular complexity index is 242. The summed E-state index contributed by atoms with van der Waals surface area (Å²) in [6.07, 6.45) is 1.25. The van der Waals surface area contributed by atoms with E-state index in [1.54, 1.807) is 0 Å². The molecule has 0 aliphatic rings. The Morgan fingerprint density at radius 2 is 1.61 bits per heavy atom. The summed E-state index contributed by atoms with van der Waals surface area (Å²) in [5.41, 5.74) is 10.5. The lowest BCUT2D eigenvalue weighted by Crippen LogP contribution is -2.23. The lowest BCUT2D eigenvalue weighted by molar-refractivity contribution is -0.141. The van der Waals surface area contributed by atoms with E-state index in [0.717, 1.165) is 0 Å². The normalized spacial score (nSPS) is 13.1. The highest BCUT2D eigenvalue weighted by molar-refractivity contribution is 7.80. The molecule has 18 heavy (non-hydrogen) atoms. The molecular formula is C10H22N2O4S2. The number of nitrogens with two attached hydrogens (primary N) is 2. The van der Waals surface area contributed by atoms with Crippen LogP contribution in [0, 0.1) is 5.92 Å². The monoisotopic (exact) mass is 298 g/mol. The molecule has 0 bridgehead atoms. The van der Waals surface area contributed by atoms with Crippen molar-refractivity contribution in [2.45, 2.75) is 25.3 Å². The van der Waals surface area contributed by atoms with Crippen LogP contribution in [0.4, 0.5) is 0 Å². The fraction of sp³-hybridized carbons (Fsp3) is 0.800. The minimum Gasteiger partial charge on any atom is -0.481 e. The number of carboxylic acid groups (broad SMARTS) is 2. The van der Waals surface area contributed by atoms with E-state index >= 15 is 0 Å². The zero-order chi connectivity index (χ0) is 14.6. The van der Waals surface area contributed by atoms with Gasteiger partial charge in [0.05, 0.1) is 12.3 Å². The van der Waals surface area contributed by atoms with E-state index in [0.29, 0.717) is 24.3 Å². The van der Waals surface area contributed by atoms with Crippen LogP contribution >= 0.6 is 25.3 Å². The minimum atomic E-state index is -0.843. The largest absolute Gasteiger partial charge is 0.481 e. The van der Waals surface area contributed by atoms with Crippen molar-refractivity contribution >= 4 is 37.2 Å². The topological polar surface area (TPSA) is 127 Å². The van der Waals surface area contributed by atoms with E-state index in [-0.39, 0.29) is 19.0 Å². The first-order chi connectivity index (χ1) is 8.38. The van der Waals surface area contributed by atoms with Gasteiger partial charge in [-0.2, -0.15) is 25.3 Å². The molecule has 2 atom stereocenters. The van der Waals surface area contributed by atoms with Gasteiger partial charge >= 0.3 is 11.9 Å². The van der Waals surface area contributed by atoms with E-state index in [1.165, 1.54) is 0 Å². The highest BCUT2D eigenvalue weighted by Crippen LogP contribution is 2.01. The third-order valence-corrected chi connectivity index (χ3v) is 2.56. The van der Waals surface area contributed by atoms with Gasteiger partial charge in [-0.05, 0) is 24.3 Å². The lowest BCUT2D eigenvalue weighted by atomic mass is 10.1. The average molecular weight is 298 g/mol. The first-order valence-corrected chi connectivity index (χ1v) is 6.77. The number of carbonyl (C=O) groups is 2. The van der Waals surface area contributed by atoms with Crippen molar-refractivity contribution in [3.8, 4) is 0 Å². The fourth-order valence-corrected chi connectivity index (χ4v) is 1.63. The first-order valence-electron chi connectivity index (χ1n) is 5.50. The van der Waals surface area contributed by atoms with E-state index in [4.69, 9.17) is 21.7 Å². The minimum absolute atomic E-state index is 0.0422. The van der Waals surface area contributed by atoms with Crippen LogP contribution in [-0.2, 0) is 9.59 Å². The number of hydrogen-bond acceptors (Lipinski definition) is 6. The summed E-state index contributed by atoms with van der Waals surface area (Å²) >= 11 is 7.80. The number of rotatable bonds is 8. The van der Waals surface area contributed by atoms with Crippen molar-refractivity contribution in [3.05, 3.63) is 0 Å². The predicted molar refractivity (Wildman–Crippen MR) is 77.3 cm³/mol. The summed E-state index contributed by atoms with van der Waals surface area (Å²) in [6.45, 7) is 0.204. The highest BCUT2D eigenvalue weighted by atomic mass is 32.1. The van der Waals surface area contributed by atoms with Crippen LogP contribution in [0.15, 0.2) is 0 Å². The van der Waals surface area contributed by atoms with Crippen molar-refractivity contribution in [1.29, 1.82) is 0 Å². The van der Waals surface area contributed by atoms with E-state index in [1.807, 2.05) is 0 Å². The first kappa shape index (κ1) is 19.9. The fourth-order valence-electron chi connectivity index (χ4n) is 0.990. The smallest absolute Gasteiger partial charge is 0.307 e. The molecule has 8 heteroatoms. The zero-order valence-electron chi connectivity index (χ0n) is 10.2. The van der Waals surface area contributed by atoms with Crippen molar-refractivity contribution in [2.75, 3.05) is 18.1 Å². The molecule has 6 nitrogen and oxygen atoms in total. The molecule has 2 unspecified atom stereocenters. The number of hydrogen-bond donors (Lipinski definition) is 6. The molecule has 0 fully saturated rings. The number of aliphatic carboxylic acids is 2. The average Bonchev–Trinajstić information content (AvgIpc) is 2.25. The molecule has 6 N–H and O–H groups in total. The van der Waals surface area contributed by atoms with E-state index in [9.17, 15) is 9.59 Å². The van der Waals surface area contributed by atoms with Crippen LogP contribution < -0.4 is 11.5 Å². The highest BCUT2D eigenvalue weighted by Gasteiger charge is 2.12. The molecular weight excluding hydrogens is 276 g/mol. The van der Waals surface area contributed by atoms with Gasteiger partial charge in [-0.1, -0.05) is 0 Å². The third-order valence-electron chi connectivity index (χ3n) is 2.05. The maximum atomic E-state index is 10.2. The van der Waals surface area contributed by atoms with Crippen LogP contribution in [-0.4, -0.2) is 46.2 Å². The molecule has 108 valence electrons. The van der Waals surface area contributed by atoms with Gasteiger partial charge in [-0.15, -0.1) is 0 Å². The molecule has 0 saturated carbocycles. The van der Waals surface area contributed by atoms with E-state index < -0.39 is 17.9 Å². The van der Waals surface area contributed by atoms with Crippen molar-refractivity contribution in [3.63, 3.8) is 0 Å². The van der Waals surface area contributed by atoms with Crippen LogP contribution in [0.5, 0.6) is 0 Å². The maximum Gasteiger partial charge on any atom is 0.307 e. The zero-order valence-corrected chi connectivity index (χ0v) is 11.9. The molecule has 0 aromatic rings. The van der Waals surface area contributed by atoms with Gasteiger partial charge in [0.2, 0.25) is 0 Å². The number of thiol groups is 2. The Hall–Kier alpha value is -0.440. The molecule has 0 spiro atoms. The summed E-state index contributed by atoms with van der Waals surface area (Å²) in [6, 6.07) is -0.236. The Kier molecular flexibility index (Phi) is 14.4.